The summed E-state index contributed by atoms with van der Waals surface area (Å²) in [6.07, 6.45) is 6.67. The third kappa shape index (κ3) is 5.83. The number of guanidine groups is 1. The summed E-state index contributed by atoms with van der Waals surface area (Å²) in [4.78, 5) is 12.2. The highest BCUT2D eigenvalue weighted by molar-refractivity contribution is 5.80. The van der Waals surface area contributed by atoms with Gasteiger partial charge in [0.1, 0.15) is 0 Å². The number of piperidine rings is 1. The zero-order valence-corrected chi connectivity index (χ0v) is 17.0. The molecule has 3 aliphatic rings. The van der Waals surface area contributed by atoms with E-state index in [1.165, 1.54) is 71.4 Å². The summed E-state index contributed by atoms with van der Waals surface area (Å²) in [7, 11) is 3.72. The fourth-order valence-electron chi connectivity index (χ4n) is 4.71. The Labute approximate surface area is 159 Å². The molecule has 0 saturated carbocycles. The van der Waals surface area contributed by atoms with Crippen LogP contribution >= 0.6 is 0 Å². The summed E-state index contributed by atoms with van der Waals surface area (Å²) >= 11 is 0. The second-order valence-corrected chi connectivity index (χ2v) is 8.31. The van der Waals surface area contributed by atoms with Crippen LogP contribution in [0.25, 0.3) is 0 Å². The molecule has 6 nitrogen and oxygen atoms in total. The van der Waals surface area contributed by atoms with Gasteiger partial charge in [-0.1, -0.05) is 0 Å². The smallest absolute Gasteiger partial charge is 0.193 e. The fraction of sp³-hybridized carbons (Fsp3) is 0.950. The molecule has 3 rings (SSSR count). The number of nitrogens with one attached hydrogen (secondary N) is 1. The van der Waals surface area contributed by atoms with E-state index in [4.69, 9.17) is 4.74 Å². The number of methoxy groups -OCH3 is 1. The Morgan fingerprint density at radius 2 is 1.73 bits per heavy atom. The molecule has 0 spiro atoms. The lowest BCUT2D eigenvalue weighted by Crippen LogP contribution is -2.44. The highest BCUT2D eigenvalue weighted by atomic mass is 16.5. The predicted molar refractivity (Wildman–Crippen MR) is 108 cm³/mol. The van der Waals surface area contributed by atoms with E-state index >= 15 is 0 Å². The molecule has 6 heteroatoms. The second kappa shape index (κ2) is 10.5. The van der Waals surface area contributed by atoms with Crippen LogP contribution < -0.4 is 5.32 Å². The molecule has 1 atom stereocenters. The number of hydrogen-bond donors (Lipinski definition) is 1. The zero-order chi connectivity index (χ0) is 18.2. The fourth-order valence-corrected chi connectivity index (χ4v) is 4.71. The number of rotatable bonds is 7. The van der Waals surface area contributed by atoms with Crippen molar-refractivity contribution < 1.29 is 4.74 Å². The van der Waals surface area contributed by atoms with Gasteiger partial charge in [0, 0.05) is 46.9 Å². The van der Waals surface area contributed by atoms with E-state index in [0.29, 0.717) is 0 Å². The van der Waals surface area contributed by atoms with E-state index in [1.807, 2.05) is 7.05 Å². The van der Waals surface area contributed by atoms with E-state index < -0.39 is 0 Å². The van der Waals surface area contributed by atoms with Crippen LogP contribution in [0, 0.1) is 11.8 Å². The molecule has 3 aliphatic heterocycles. The molecule has 1 N–H and O–H groups in total. The molecule has 3 saturated heterocycles. The molecule has 150 valence electrons. The van der Waals surface area contributed by atoms with Crippen molar-refractivity contribution in [3.8, 4) is 0 Å². The number of nitrogens with zero attached hydrogens (tertiary/aromatic N) is 4. The highest BCUT2D eigenvalue weighted by Gasteiger charge is 2.28. The van der Waals surface area contributed by atoms with Gasteiger partial charge in [-0.3, -0.25) is 4.99 Å². The number of ether oxygens (including phenoxy) is 1. The van der Waals surface area contributed by atoms with E-state index in [9.17, 15) is 0 Å². The molecule has 26 heavy (non-hydrogen) atoms. The zero-order valence-electron chi connectivity index (χ0n) is 17.0. The quantitative estimate of drug-likeness (QED) is 0.545. The third-order valence-corrected chi connectivity index (χ3v) is 6.38. The van der Waals surface area contributed by atoms with Crippen molar-refractivity contribution >= 4 is 5.96 Å². The first-order valence-corrected chi connectivity index (χ1v) is 10.7. The van der Waals surface area contributed by atoms with E-state index in [1.54, 1.807) is 7.11 Å². The lowest BCUT2D eigenvalue weighted by Gasteiger charge is -2.32. The lowest BCUT2D eigenvalue weighted by molar-refractivity contribution is 0.120. The minimum Gasteiger partial charge on any atom is -0.383 e. The van der Waals surface area contributed by atoms with Gasteiger partial charge in [0.2, 0.25) is 0 Å². The molecule has 0 amide bonds. The third-order valence-electron chi connectivity index (χ3n) is 6.38. The van der Waals surface area contributed by atoms with E-state index in [0.717, 1.165) is 44.0 Å². The average molecular weight is 366 g/mol. The molecular weight excluding hydrogens is 326 g/mol. The maximum Gasteiger partial charge on any atom is 0.193 e. The normalized spacial score (nSPS) is 26.8. The summed E-state index contributed by atoms with van der Waals surface area (Å²) in [5, 5.41) is 3.67. The van der Waals surface area contributed by atoms with Crippen molar-refractivity contribution in [3.05, 3.63) is 0 Å². The number of likely N-dealkylation sites (tertiary alicyclic amines) is 3. The van der Waals surface area contributed by atoms with E-state index in [-0.39, 0.29) is 0 Å². The van der Waals surface area contributed by atoms with E-state index in [2.05, 4.69) is 25.0 Å². The SMILES string of the molecule is CN=C(NCC1CCN(CCOC)CC1)N1CCC(CN2CCCC2)C1. The van der Waals surface area contributed by atoms with Crippen LogP contribution in [0.2, 0.25) is 0 Å². The maximum atomic E-state index is 5.19. The minimum atomic E-state index is 0.772. The van der Waals surface area contributed by atoms with Gasteiger partial charge in [-0.2, -0.15) is 0 Å². The predicted octanol–water partition coefficient (Wildman–Crippen LogP) is 1.34. The average Bonchev–Trinajstić information content (AvgIpc) is 3.34. The summed E-state index contributed by atoms with van der Waals surface area (Å²) in [5.41, 5.74) is 0. The summed E-state index contributed by atoms with van der Waals surface area (Å²) in [5.74, 6) is 2.71. The summed E-state index contributed by atoms with van der Waals surface area (Å²) in [6.45, 7) is 11.6. The Kier molecular flexibility index (Phi) is 8.02. The van der Waals surface area contributed by atoms with Crippen molar-refractivity contribution in [1.29, 1.82) is 0 Å². The maximum absolute atomic E-state index is 5.19. The molecule has 0 aromatic heterocycles. The van der Waals surface area contributed by atoms with Crippen molar-refractivity contribution in [2.45, 2.75) is 32.1 Å². The summed E-state index contributed by atoms with van der Waals surface area (Å²) in [6, 6.07) is 0. The Hall–Kier alpha value is -0.850. The molecule has 0 aromatic rings. The van der Waals surface area contributed by atoms with Crippen LogP contribution in [0.15, 0.2) is 4.99 Å². The first kappa shape index (κ1) is 19.9. The van der Waals surface area contributed by atoms with Gasteiger partial charge in [0.05, 0.1) is 6.61 Å². The Bertz CT molecular complexity index is 430. The van der Waals surface area contributed by atoms with Gasteiger partial charge in [-0.15, -0.1) is 0 Å². The molecule has 0 bridgehead atoms. The van der Waals surface area contributed by atoms with Gasteiger partial charge < -0.3 is 24.8 Å². The number of hydrogen-bond acceptors (Lipinski definition) is 4. The minimum absolute atomic E-state index is 0.772. The van der Waals surface area contributed by atoms with Gasteiger partial charge in [-0.05, 0) is 70.1 Å². The van der Waals surface area contributed by atoms with Crippen molar-refractivity contribution in [2.75, 3.05) is 79.7 Å². The van der Waals surface area contributed by atoms with Crippen LogP contribution in [-0.2, 0) is 4.74 Å². The Balaban J connectivity index is 1.35. The molecule has 3 heterocycles. The standard InChI is InChI=1S/C20H39N5O/c1-21-20(22-15-18-5-10-23(11-6-18)13-14-26-2)25-12-7-19(17-25)16-24-8-3-4-9-24/h18-19H,3-17H2,1-2H3,(H,21,22). The number of aliphatic imine (C=N–C) groups is 1. The second-order valence-electron chi connectivity index (χ2n) is 8.31. The summed E-state index contributed by atoms with van der Waals surface area (Å²) < 4.78 is 5.19. The van der Waals surface area contributed by atoms with Crippen molar-refractivity contribution in [3.63, 3.8) is 0 Å². The van der Waals surface area contributed by atoms with Crippen molar-refractivity contribution in [1.82, 2.24) is 20.0 Å². The van der Waals surface area contributed by atoms with Gasteiger partial charge in [0.15, 0.2) is 5.96 Å². The monoisotopic (exact) mass is 365 g/mol. The largest absolute Gasteiger partial charge is 0.383 e. The van der Waals surface area contributed by atoms with Crippen LogP contribution in [0.1, 0.15) is 32.1 Å². The molecule has 0 radical (unpaired) electrons. The van der Waals surface area contributed by atoms with Gasteiger partial charge in [-0.25, -0.2) is 0 Å². The molecule has 0 aliphatic carbocycles. The first-order chi connectivity index (χ1) is 12.8. The van der Waals surface area contributed by atoms with Gasteiger partial charge >= 0.3 is 0 Å². The Morgan fingerprint density at radius 3 is 2.42 bits per heavy atom. The topological polar surface area (TPSA) is 43.3 Å². The lowest BCUT2D eigenvalue weighted by atomic mass is 9.97. The molecular formula is C20H39N5O. The molecule has 0 aromatic carbocycles. The van der Waals surface area contributed by atoms with Crippen LogP contribution in [0.5, 0.6) is 0 Å². The van der Waals surface area contributed by atoms with Crippen LogP contribution in [-0.4, -0.2) is 100 Å². The highest BCUT2D eigenvalue weighted by Crippen LogP contribution is 2.20. The Morgan fingerprint density at radius 1 is 1.00 bits per heavy atom. The molecule has 1 unspecified atom stereocenters. The first-order valence-electron chi connectivity index (χ1n) is 10.7. The van der Waals surface area contributed by atoms with Crippen LogP contribution in [0.3, 0.4) is 0 Å². The van der Waals surface area contributed by atoms with Gasteiger partial charge in [0.25, 0.3) is 0 Å². The molecule has 3 fully saturated rings. The van der Waals surface area contributed by atoms with Crippen LogP contribution in [0.4, 0.5) is 0 Å². The van der Waals surface area contributed by atoms with Crippen molar-refractivity contribution in [2.24, 2.45) is 16.8 Å².